The Bertz CT molecular complexity index is 1400. The zero-order valence-electron chi connectivity index (χ0n) is 19.5. The van der Waals surface area contributed by atoms with Gasteiger partial charge in [-0.15, -0.1) is 13.2 Å². The predicted molar refractivity (Wildman–Crippen MR) is 130 cm³/mol. The number of carbonyl (C=O) groups is 2. The van der Waals surface area contributed by atoms with Gasteiger partial charge in [-0.2, -0.15) is 0 Å². The Balaban J connectivity index is 1.65. The third-order valence-corrected chi connectivity index (χ3v) is 6.22. The van der Waals surface area contributed by atoms with E-state index < -0.39 is 35.6 Å². The monoisotopic (exact) mass is 510 g/mol. The molecule has 3 aromatic rings. The molecule has 2 aliphatic heterocycles. The molecular weight excluding hydrogens is 489 g/mol. The van der Waals surface area contributed by atoms with Crippen molar-refractivity contribution in [1.29, 1.82) is 0 Å². The summed E-state index contributed by atoms with van der Waals surface area (Å²) in [4.78, 5) is 29.6. The Morgan fingerprint density at radius 1 is 1.03 bits per heavy atom. The maximum absolute atomic E-state index is 13.3. The van der Waals surface area contributed by atoms with E-state index in [1.54, 1.807) is 48.5 Å². The molecule has 1 amide bonds. The van der Waals surface area contributed by atoms with Gasteiger partial charge in [0.2, 0.25) is 0 Å². The maximum Gasteiger partial charge on any atom is 0.573 e. The minimum absolute atomic E-state index is 0.00956. The standard InChI is InChI=1S/C27H21F3N2O5/c1-31-12-13-36-21-11-10-17(14-20(21)31)24(33)22-23(16-6-3-2-4-7-16)32(26(35)25(22)34)18-8-5-9-19(15-18)37-27(28,29)30/h2-11,14-15,23,33H,12-13H2,1H3/b24-22-. The van der Waals surface area contributed by atoms with Crippen LogP contribution in [0.5, 0.6) is 11.5 Å². The number of benzene rings is 3. The highest BCUT2D eigenvalue weighted by molar-refractivity contribution is 6.51. The predicted octanol–water partition coefficient (Wildman–Crippen LogP) is 5.04. The first-order valence-corrected chi connectivity index (χ1v) is 11.3. The SMILES string of the molecule is CN1CCOc2ccc(/C(O)=C3/C(=O)C(=O)N(c4cccc(OC(F)(F)F)c4)C3c3ccccc3)cc21. The van der Waals surface area contributed by atoms with Gasteiger partial charge < -0.3 is 19.5 Å². The third-order valence-electron chi connectivity index (χ3n) is 6.22. The number of anilines is 2. The second-order valence-corrected chi connectivity index (χ2v) is 8.58. The fraction of sp³-hybridized carbons (Fsp3) is 0.185. The van der Waals surface area contributed by atoms with Gasteiger partial charge >= 0.3 is 6.36 Å². The van der Waals surface area contributed by atoms with Crippen LogP contribution < -0.4 is 19.3 Å². The summed E-state index contributed by atoms with van der Waals surface area (Å²) in [7, 11) is 1.87. The largest absolute Gasteiger partial charge is 0.573 e. The molecular formula is C27H21F3N2O5. The molecule has 190 valence electrons. The average molecular weight is 510 g/mol. The Hall–Kier alpha value is -4.47. The summed E-state index contributed by atoms with van der Waals surface area (Å²) >= 11 is 0. The van der Waals surface area contributed by atoms with E-state index in [1.807, 2.05) is 11.9 Å². The van der Waals surface area contributed by atoms with E-state index in [9.17, 15) is 27.9 Å². The summed E-state index contributed by atoms with van der Waals surface area (Å²) in [6.07, 6.45) is -4.94. The molecule has 10 heteroatoms. The van der Waals surface area contributed by atoms with E-state index in [4.69, 9.17) is 4.74 Å². The number of hydrogen-bond donors (Lipinski definition) is 1. The van der Waals surface area contributed by atoms with Gasteiger partial charge in [-0.3, -0.25) is 14.5 Å². The fourth-order valence-electron chi connectivity index (χ4n) is 4.53. The lowest BCUT2D eigenvalue weighted by Crippen LogP contribution is -2.29. The van der Waals surface area contributed by atoms with Crippen LogP contribution in [0.3, 0.4) is 0 Å². The van der Waals surface area contributed by atoms with Crippen LogP contribution in [0.1, 0.15) is 17.2 Å². The number of halogens is 3. The lowest BCUT2D eigenvalue weighted by molar-refractivity contribution is -0.274. The molecule has 1 unspecified atom stereocenters. The minimum Gasteiger partial charge on any atom is -0.507 e. The topological polar surface area (TPSA) is 79.3 Å². The molecule has 0 radical (unpaired) electrons. The molecule has 1 N–H and O–H groups in total. The summed E-state index contributed by atoms with van der Waals surface area (Å²) in [5.41, 5.74) is 1.32. The average Bonchev–Trinajstić information content (AvgIpc) is 3.13. The summed E-state index contributed by atoms with van der Waals surface area (Å²) in [5.74, 6) is -2.28. The molecule has 0 saturated carbocycles. The molecule has 2 heterocycles. The van der Waals surface area contributed by atoms with Crippen molar-refractivity contribution in [2.24, 2.45) is 0 Å². The summed E-state index contributed by atoms with van der Waals surface area (Å²) in [5, 5.41) is 11.3. The van der Waals surface area contributed by atoms with Gasteiger partial charge in [-0.25, -0.2) is 0 Å². The molecule has 2 aliphatic rings. The Morgan fingerprint density at radius 2 is 1.78 bits per heavy atom. The summed E-state index contributed by atoms with van der Waals surface area (Å²) < 4.78 is 48.1. The lowest BCUT2D eigenvalue weighted by Gasteiger charge is -2.28. The molecule has 5 rings (SSSR count). The quantitative estimate of drug-likeness (QED) is 0.301. The van der Waals surface area contributed by atoms with Crippen molar-refractivity contribution in [3.63, 3.8) is 0 Å². The highest BCUT2D eigenvalue weighted by atomic mass is 19.4. The Labute approximate surface area is 209 Å². The van der Waals surface area contributed by atoms with Crippen molar-refractivity contribution in [3.8, 4) is 11.5 Å². The van der Waals surface area contributed by atoms with Gasteiger partial charge in [0.25, 0.3) is 11.7 Å². The smallest absolute Gasteiger partial charge is 0.507 e. The summed E-state index contributed by atoms with van der Waals surface area (Å²) in [6, 6.07) is 17.1. The number of ketones is 1. The highest BCUT2D eigenvalue weighted by Crippen LogP contribution is 2.44. The number of rotatable bonds is 4. The van der Waals surface area contributed by atoms with Crippen LogP contribution in [0.2, 0.25) is 0 Å². The minimum atomic E-state index is -4.94. The molecule has 0 spiro atoms. The van der Waals surface area contributed by atoms with E-state index in [-0.39, 0.29) is 11.3 Å². The van der Waals surface area contributed by atoms with Crippen LogP contribution in [0.15, 0.2) is 78.4 Å². The first-order chi connectivity index (χ1) is 17.6. The van der Waals surface area contributed by atoms with Crippen LogP contribution >= 0.6 is 0 Å². The molecule has 1 fully saturated rings. The summed E-state index contributed by atoms with van der Waals surface area (Å²) in [6.45, 7) is 1.13. The zero-order valence-corrected chi connectivity index (χ0v) is 19.5. The number of carbonyl (C=O) groups excluding carboxylic acids is 2. The number of aliphatic hydroxyl groups is 1. The molecule has 0 bridgehead atoms. The molecule has 3 aromatic carbocycles. The number of hydrogen-bond acceptors (Lipinski definition) is 6. The van der Waals surface area contributed by atoms with Gasteiger partial charge in [-0.1, -0.05) is 36.4 Å². The number of nitrogens with zero attached hydrogens (tertiary/aromatic N) is 2. The van der Waals surface area contributed by atoms with E-state index >= 15 is 0 Å². The number of likely N-dealkylation sites (N-methyl/N-ethyl adjacent to an activating group) is 1. The molecule has 0 aliphatic carbocycles. The Kier molecular flexibility index (Phi) is 6.02. The lowest BCUT2D eigenvalue weighted by atomic mass is 9.95. The number of alkyl halides is 3. The van der Waals surface area contributed by atoms with Gasteiger partial charge in [0.05, 0.1) is 23.8 Å². The molecule has 0 aromatic heterocycles. The first-order valence-electron chi connectivity index (χ1n) is 11.3. The van der Waals surface area contributed by atoms with Gasteiger partial charge in [0.1, 0.15) is 23.9 Å². The van der Waals surface area contributed by atoms with Crippen LogP contribution in [0.4, 0.5) is 24.5 Å². The number of fused-ring (bicyclic) bond motifs is 1. The van der Waals surface area contributed by atoms with Crippen molar-refractivity contribution in [2.75, 3.05) is 30.0 Å². The van der Waals surface area contributed by atoms with Crippen LogP contribution in [-0.4, -0.2) is 43.4 Å². The number of Topliss-reactive ketones (excluding diaryl/α,β-unsaturated/α-hetero) is 1. The molecule has 37 heavy (non-hydrogen) atoms. The van der Waals surface area contributed by atoms with Gasteiger partial charge in [0, 0.05) is 24.4 Å². The number of amides is 1. The molecule has 1 saturated heterocycles. The van der Waals surface area contributed by atoms with Crippen LogP contribution in [0.25, 0.3) is 5.76 Å². The highest BCUT2D eigenvalue weighted by Gasteiger charge is 2.47. The van der Waals surface area contributed by atoms with E-state index in [0.717, 1.165) is 17.0 Å². The zero-order chi connectivity index (χ0) is 26.3. The number of aliphatic hydroxyl groups excluding tert-OH is 1. The van der Waals surface area contributed by atoms with Crippen molar-refractivity contribution in [1.82, 2.24) is 0 Å². The van der Waals surface area contributed by atoms with E-state index in [0.29, 0.717) is 35.7 Å². The van der Waals surface area contributed by atoms with Gasteiger partial charge in [0.15, 0.2) is 0 Å². The normalized spacial score (nSPS) is 19.0. The van der Waals surface area contributed by atoms with E-state index in [2.05, 4.69) is 4.74 Å². The van der Waals surface area contributed by atoms with Crippen molar-refractivity contribution in [2.45, 2.75) is 12.4 Å². The fourth-order valence-corrected chi connectivity index (χ4v) is 4.53. The van der Waals surface area contributed by atoms with Crippen molar-refractivity contribution < 1.29 is 37.3 Å². The van der Waals surface area contributed by atoms with Crippen molar-refractivity contribution in [3.05, 3.63) is 89.5 Å². The molecule has 7 nitrogen and oxygen atoms in total. The van der Waals surface area contributed by atoms with Gasteiger partial charge in [-0.05, 0) is 35.9 Å². The van der Waals surface area contributed by atoms with Crippen LogP contribution in [0, 0.1) is 0 Å². The van der Waals surface area contributed by atoms with E-state index in [1.165, 1.54) is 12.1 Å². The maximum atomic E-state index is 13.3. The molecule has 1 atom stereocenters. The Morgan fingerprint density at radius 3 is 2.51 bits per heavy atom. The van der Waals surface area contributed by atoms with Crippen molar-refractivity contribution >= 4 is 28.8 Å². The first kappa shape index (κ1) is 24.2. The number of ether oxygens (including phenoxy) is 2. The second kappa shape index (κ2) is 9.20. The third kappa shape index (κ3) is 4.57. The van der Waals surface area contributed by atoms with Crippen LogP contribution in [-0.2, 0) is 9.59 Å². The second-order valence-electron chi connectivity index (χ2n) is 8.58.